The van der Waals surface area contributed by atoms with Crippen LogP contribution < -0.4 is 10.6 Å². The van der Waals surface area contributed by atoms with Gasteiger partial charge in [-0.1, -0.05) is 55.8 Å². The van der Waals surface area contributed by atoms with Crippen LogP contribution in [0.5, 0.6) is 0 Å². The van der Waals surface area contributed by atoms with Crippen LogP contribution in [-0.2, 0) is 0 Å². The number of rotatable bonds is 4. The Morgan fingerprint density at radius 3 is 2.23 bits per heavy atom. The molecular formula is C19H22N2O. The fraction of sp³-hybridized carbons (Fsp3) is 0.211. The minimum absolute atomic E-state index is 0.249. The lowest BCUT2D eigenvalue weighted by molar-refractivity contribution is 0.255. The van der Waals surface area contributed by atoms with Crippen molar-refractivity contribution in [2.75, 3.05) is 5.32 Å². The van der Waals surface area contributed by atoms with Crippen LogP contribution in [0.25, 0.3) is 6.08 Å². The molecule has 0 heterocycles. The van der Waals surface area contributed by atoms with Gasteiger partial charge < -0.3 is 10.6 Å². The standard InChI is InChI=1S/C19H22N2O/c1-14(2)17-8-10-18(11-9-17)21-19(22)20-13-12-16-6-4-15(3)5-7-16/h4-14H,1-3H3,(H2,20,21,22)/b13-12+. The van der Waals surface area contributed by atoms with Crippen LogP contribution >= 0.6 is 0 Å². The molecule has 2 rings (SSSR count). The van der Waals surface area contributed by atoms with Gasteiger partial charge in [-0.25, -0.2) is 4.79 Å². The molecule has 0 atom stereocenters. The van der Waals surface area contributed by atoms with Crippen molar-refractivity contribution in [3.63, 3.8) is 0 Å². The highest BCUT2D eigenvalue weighted by Gasteiger charge is 2.01. The number of hydrogen-bond acceptors (Lipinski definition) is 1. The van der Waals surface area contributed by atoms with Crippen molar-refractivity contribution in [3.05, 3.63) is 71.4 Å². The maximum absolute atomic E-state index is 11.8. The zero-order chi connectivity index (χ0) is 15.9. The van der Waals surface area contributed by atoms with Gasteiger partial charge in [-0.2, -0.15) is 0 Å². The molecule has 0 radical (unpaired) electrons. The maximum atomic E-state index is 11.8. The zero-order valence-electron chi connectivity index (χ0n) is 13.3. The molecule has 0 fully saturated rings. The fourth-order valence-corrected chi connectivity index (χ4v) is 2.01. The summed E-state index contributed by atoms with van der Waals surface area (Å²) in [6, 6.07) is 15.7. The van der Waals surface area contributed by atoms with Crippen LogP contribution in [0.3, 0.4) is 0 Å². The molecule has 0 saturated heterocycles. The molecule has 0 spiro atoms. The smallest absolute Gasteiger partial charge is 0.314 e. The number of hydrogen-bond donors (Lipinski definition) is 2. The van der Waals surface area contributed by atoms with Gasteiger partial charge in [-0.3, -0.25) is 0 Å². The first-order valence-electron chi connectivity index (χ1n) is 7.45. The van der Waals surface area contributed by atoms with E-state index in [1.54, 1.807) is 6.20 Å². The molecular weight excluding hydrogens is 272 g/mol. The van der Waals surface area contributed by atoms with Gasteiger partial charge >= 0.3 is 6.03 Å². The maximum Gasteiger partial charge on any atom is 0.323 e. The second-order valence-corrected chi connectivity index (χ2v) is 5.62. The van der Waals surface area contributed by atoms with Gasteiger partial charge in [-0.15, -0.1) is 0 Å². The molecule has 114 valence electrons. The molecule has 2 amide bonds. The molecule has 0 aromatic heterocycles. The van der Waals surface area contributed by atoms with E-state index in [1.807, 2.05) is 61.5 Å². The van der Waals surface area contributed by atoms with Gasteiger partial charge in [-0.05, 0) is 42.2 Å². The first kappa shape index (κ1) is 15.8. The molecule has 3 nitrogen and oxygen atoms in total. The lowest BCUT2D eigenvalue weighted by Crippen LogP contribution is -2.23. The third-order valence-electron chi connectivity index (χ3n) is 3.40. The van der Waals surface area contributed by atoms with Gasteiger partial charge in [0.25, 0.3) is 0 Å². The van der Waals surface area contributed by atoms with Gasteiger partial charge in [0.1, 0.15) is 0 Å². The molecule has 2 aromatic carbocycles. The van der Waals surface area contributed by atoms with E-state index in [9.17, 15) is 4.79 Å². The molecule has 0 aliphatic heterocycles. The van der Waals surface area contributed by atoms with Crippen LogP contribution in [0.2, 0.25) is 0 Å². The van der Waals surface area contributed by atoms with Crippen molar-refractivity contribution in [3.8, 4) is 0 Å². The van der Waals surface area contributed by atoms with Gasteiger partial charge in [0.2, 0.25) is 0 Å². The molecule has 3 heteroatoms. The summed E-state index contributed by atoms with van der Waals surface area (Å²) in [5.74, 6) is 0.486. The number of carbonyl (C=O) groups excluding carboxylic acids is 1. The molecule has 0 bridgehead atoms. The Hall–Kier alpha value is -2.55. The number of amides is 2. The first-order valence-corrected chi connectivity index (χ1v) is 7.45. The van der Waals surface area contributed by atoms with Gasteiger partial charge in [0.05, 0.1) is 0 Å². The Morgan fingerprint density at radius 2 is 1.64 bits per heavy atom. The van der Waals surface area contributed by atoms with E-state index >= 15 is 0 Å². The summed E-state index contributed by atoms with van der Waals surface area (Å²) < 4.78 is 0. The summed E-state index contributed by atoms with van der Waals surface area (Å²) in [6.07, 6.45) is 3.50. The summed E-state index contributed by atoms with van der Waals surface area (Å²) in [5.41, 5.74) is 4.30. The van der Waals surface area contributed by atoms with Crippen molar-refractivity contribution in [2.24, 2.45) is 0 Å². The molecule has 0 unspecified atom stereocenters. The third kappa shape index (κ3) is 4.77. The van der Waals surface area contributed by atoms with E-state index in [1.165, 1.54) is 11.1 Å². The quantitative estimate of drug-likeness (QED) is 0.826. The topological polar surface area (TPSA) is 41.1 Å². The summed E-state index contributed by atoms with van der Waals surface area (Å²) in [5, 5.41) is 5.50. The monoisotopic (exact) mass is 294 g/mol. The Balaban J connectivity index is 1.86. The predicted octanol–water partition coefficient (Wildman–Crippen LogP) is 4.91. The number of benzene rings is 2. The van der Waals surface area contributed by atoms with E-state index < -0.39 is 0 Å². The molecule has 22 heavy (non-hydrogen) atoms. The Kier molecular flexibility index (Phi) is 5.37. The summed E-state index contributed by atoms with van der Waals surface area (Å²) in [6.45, 7) is 6.33. The molecule has 2 N–H and O–H groups in total. The second-order valence-electron chi connectivity index (χ2n) is 5.62. The number of anilines is 1. The molecule has 0 aliphatic rings. The van der Waals surface area contributed by atoms with Crippen molar-refractivity contribution in [2.45, 2.75) is 26.7 Å². The normalized spacial score (nSPS) is 10.9. The van der Waals surface area contributed by atoms with Crippen LogP contribution in [-0.4, -0.2) is 6.03 Å². The van der Waals surface area contributed by atoms with Crippen molar-refractivity contribution >= 4 is 17.8 Å². The number of urea groups is 1. The Bertz CT molecular complexity index is 640. The van der Waals surface area contributed by atoms with E-state index in [4.69, 9.17) is 0 Å². The minimum atomic E-state index is -0.249. The lowest BCUT2D eigenvalue weighted by atomic mass is 10.0. The van der Waals surface area contributed by atoms with Crippen LogP contribution in [0, 0.1) is 6.92 Å². The van der Waals surface area contributed by atoms with E-state index in [0.29, 0.717) is 5.92 Å². The highest BCUT2D eigenvalue weighted by molar-refractivity contribution is 5.90. The highest BCUT2D eigenvalue weighted by Crippen LogP contribution is 2.16. The number of aryl methyl sites for hydroxylation is 1. The average molecular weight is 294 g/mol. The lowest BCUT2D eigenvalue weighted by Gasteiger charge is -2.08. The Morgan fingerprint density at radius 1 is 1.00 bits per heavy atom. The van der Waals surface area contributed by atoms with Crippen molar-refractivity contribution in [1.29, 1.82) is 0 Å². The zero-order valence-corrected chi connectivity index (χ0v) is 13.3. The summed E-state index contributed by atoms with van der Waals surface area (Å²) in [7, 11) is 0. The average Bonchev–Trinajstić information content (AvgIpc) is 2.50. The third-order valence-corrected chi connectivity index (χ3v) is 3.40. The van der Waals surface area contributed by atoms with Crippen LogP contribution in [0.15, 0.2) is 54.7 Å². The van der Waals surface area contributed by atoms with E-state index in [-0.39, 0.29) is 6.03 Å². The van der Waals surface area contributed by atoms with Gasteiger partial charge in [0, 0.05) is 11.9 Å². The van der Waals surface area contributed by atoms with Crippen molar-refractivity contribution < 1.29 is 4.79 Å². The molecule has 0 aliphatic carbocycles. The molecule has 0 saturated carbocycles. The Labute approximate surface area is 132 Å². The van der Waals surface area contributed by atoms with Gasteiger partial charge in [0.15, 0.2) is 0 Å². The fourth-order valence-electron chi connectivity index (χ4n) is 2.01. The van der Waals surface area contributed by atoms with E-state index in [2.05, 4.69) is 24.5 Å². The molecule has 2 aromatic rings. The second kappa shape index (κ2) is 7.46. The SMILES string of the molecule is Cc1ccc(/C=C/NC(=O)Nc2ccc(C(C)C)cc2)cc1. The predicted molar refractivity (Wildman–Crippen MR) is 92.9 cm³/mol. The van der Waals surface area contributed by atoms with Crippen LogP contribution in [0.1, 0.15) is 36.5 Å². The van der Waals surface area contributed by atoms with E-state index in [0.717, 1.165) is 11.3 Å². The number of carbonyl (C=O) groups is 1. The minimum Gasteiger partial charge on any atom is -0.314 e. The largest absolute Gasteiger partial charge is 0.323 e. The summed E-state index contributed by atoms with van der Waals surface area (Å²) in [4.78, 5) is 11.8. The summed E-state index contributed by atoms with van der Waals surface area (Å²) >= 11 is 0. The van der Waals surface area contributed by atoms with Crippen molar-refractivity contribution in [1.82, 2.24) is 5.32 Å². The first-order chi connectivity index (χ1) is 10.5. The highest BCUT2D eigenvalue weighted by atomic mass is 16.2. The van der Waals surface area contributed by atoms with Crippen LogP contribution in [0.4, 0.5) is 10.5 Å². The number of nitrogens with one attached hydrogen (secondary N) is 2.